The zero-order valence-electron chi connectivity index (χ0n) is 10.7. The molecule has 0 atom stereocenters. The Labute approximate surface area is 121 Å². The summed E-state index contributed by atoms with van der Waals surface area (Å²) in [6.45, 7) is 0. The molecule has 0 aliphatic carbocycles. The van der Waals surface area contributed by atoms with Crippen molar-refractivity contribution in [1.29, 1.82) is 0 Å². The number of rotatable bonds is 5. The van der Waals surface area contributed by atoms with Crippen molar-refractivity contribution in [2.24, 2.45) is 4.99 Å². The minimum atomic E-state index is -0.468. The van der Waals surface area contributed by atoms with Crippen molar-refractivity contribution < 1.29 is 14.0 Å². The third kappa shape index (κ3) is 3.61. The van der Waals surface area contributed by atoms with Crippen LogP contribution in [0.4, 0.5) is 4.39 Å². The number of ketones is 2. The maximum absolute atomic E-state index is 13.0. The summed E-state index contributed by atoms with van der Waals surface area (Å²) in [7, 11) is 0. The van der Waals surface area contributed by atoms with E-state index in [1.165, 1.54) is 18.2 Å². The molecule has 1 aromatic carbocycles. The maximum Gasteiger partial charge on any atom is 0.182 e. The van der Waals surface area contributed by atoms with Crippen molar-refractivity contribution in [2.45, 2.75) is 25.7 Å². The summed E-state index contributed by atoms with van der Waals surface area (Å²) in [6, 6.07) is 5.43. The van der Waals surface area contributed by atoms with Crippen LogP contribution >= 0.6 is 11.6 Å². The zero-order chi connectivity index (χ0) is 14.5. The van der Waals surface area contributed by atoms with Gasteiger partial charge < -0.3 is 0 Å². The quantitative estimate of drug-likeness (QED) is 0.778. The Morgan fingerprint density at radius 3 is 2.70 bits per heavy atom. The van der Waals surface area contributed by atoms with E-state index in [0.717, 1.165) is 12.5 Å². The average Bonchev–Trinajstić information content (AvgIpc) is 2.45. The van der Waals surface area contributed by atoms with Gasteiger partial charge in [0.2, 0.25) is 0 Å². The highest BCUT2D eigenvalue weighted by atomic mass is 35.5. The van der Waals surface area contributed by atoms with E-state index >= 15 is 0 Å². The Morgan fingerprint density at radius 1 is 1.25 bits per heavy atom. The summed E-state index contributed by atoms with van der Waals surface area (Å²) in [5.41, 5.74) is 0.509. The zero-order valence-corrected chi connectivity index (χ0v) is 11.5. The second kappa shape index (κ2) is 6.57. The predicted octanol–water partition coefficient (Wildman–Crippen LogP) is 3.67. The van der Waals surface area contributed by atoms with Gasteiger partial charge in [-0.05, 0) is 25.0 Å². The lowest BCUT2D eigenvalue weighted by Gasteiger charge is -2.08. The van der Waals surface area contributed by atoms with Gasteiger partial charge in [0, 0.05) is 29.7 Å². The van der Waals surface area contributed by atoms with E-state index in [2.05, 4.69) is 4.99 Å². The van der Waals surface area contributed by atoms with E-state index < -0.39 is 5.82 Å². The summed E-state index contributed by atoms with van der Waals surface area (Å²) in [6.07, 6.45) is 3.01. The van der Waals surface area contributed by atoms with E-state index in [0.29, 0.717) is 11.5 Å². The van der Waals surface area contributed by atoms with Crippen LogP contribution in [0.25, 0.3) is 0 Å². The fraction of sp³-hybridized carbons (Fsp3) is 0.267. The van der Waals surface area contributed by atoms with Crippen molar-refractivity contribution >= 4 is 29.4 Å². The van der Waals surface area contributed by atoms with Crippen LogP contribution in [0.15, 0.2) is 40.0 Å². The number of carbonyl (C=O) groups is 2. The molecule has 0 radical (unpaired) electrons. The number of hydrogen-bond acceptors (Lipinski definition) is 3. The highest BCUT2D eigenvalue weighted by molar-refractivity contribution is 6.32. The lowest BCUT2D eigenvalue weighted by atomic mass is 10.0. The molecule has 0 N–H and O–H groups in total. The monoisotopic (exact) mass is 293 g/mol. The van der Waals surface area contributed by atoms with E-state index in [-0.39, 0.29) is 35.7 Å². The molecule has 0 spiro atoms. The van der Waals surface area contributed by atoms with Crippen LogP contribution in [-0.4, -0.2) is 17.8 Å². The second-order valence-electron chi connectivity index (χ2n) is 4.46. The minimum absolute atomic E-state index is 0.0193. The second-order valence-corrected chi connectivity index (χ2v) is 4.92. The minimum Gasteiger partial charge on any atom is -0.294 e. The fourth-order valence-electron chi connectivity index (χ4n) is 1.91. The van der Waals surface area contributed by atoms with Crippen molar-refractivity contribution in [3.63, 3.8) is 0 Å². The molecular formula is C15H13ClFNO2. The summed E-state index contributed by atoms with van der Waals surface area (Å²) >= 11 is 5.94. The van der Waals surface area contributed by atoms with E-state index in [1.807, 2.05) is 0 Å². The van der Waals surface area contributed by atoms with Crippen molar-refractivity contribution in [3.05, 3.63) is 46.4 Å². The summed E-state index contributed by atoms with van der Waals surface area (Å²) in [5, 5.41) is 0.440. The predicted molar refractivity (Wildman–Crippen MR) is 75.6 cm³/mol. The molecule has 5 heteroatoms. The van der Waals surface area contributed by atoms with Gasteiger partial charge in [0.05, 0.1) is 0 Å². The van der Waals surface area contributed by atoms with Gasteiger partial charge in [-0.1, -0.05) is 23.7 Å². The maximum atomic E-state index is 13.0. The molecule has 1 aliphatic rings. The number of halogens is 2. The van der Waals surface area contributed by atoms with Crippen LogP contribution in [0.5, 0.6) is 0 Å². The lowest BCUT2D eigenvalue weighted by Crippen LogP contribution is -2.09. The summed E-state index contributed by atoms with van der Waals surface area (Å²) in [5.74, 6) is -0.991. The van der Waals surface area contributed by atoms with Crippen molar-refractivity contribution in [1.82, 2.24) is 0 Å². The third-order valence-electron chi connectivity index (χ3n) is 2.96. The van der Waals surface area contributed by atoms with Gasteiger partial charge in [-0.3, -0.25) is 14.6 Å². The van der Waals surface area contributed by atoms with E-state index in [9.17, 15) is 14.0 Å². The Bertz CT molecular complexity index is 608. The molecule has 20 heavy (non-hydrogen) atoms. The number of hydrogen-bond donors (Lipinski definition) is 0. The number of Topliss-reactive ketones (excluding diaryl/α,β-unsaturated/α-hetero) is 2. The van der Waals surface area contributed by atoms with Gasteiger partial charge in [-0.15, -0.1) is 0 Å². The number of aliphatic imine (C=N–C) groups is 1. The Kier molecular flexibility index (Phi) is 4.79. The molecule has 0 aromatic heterocycles. The van der Waals surface area contributed by atoms with Gasteiger partial charge in [0.1, 0.15) is 11.5 Å². The highest BCUT2D eigenvalue weighted by Crippen LogP contribution is 2.22. The molecule has 3 nitrogen and oxygen atoms in total. The number of benzene rings is 1. The smallest absolute Gasteiger partial charge is 0.182 e. The molecule has 104 valence electrons. The van der Waals surface area contributed by atoms with Gasteiger partial charge >= 0.3 is 0 Å². The number of allylic oxidation sites excluding steroid dienone is 2. The molecule has 0 amide bonds. The molecule has 1 aliphatic heterocycles. The molecular weight excluding hydrogens is 281 g/mol. The van der Waals surface area contributed by atoms with Crippen LogP contribution < -0.4 is 0 Å². The van der Waals surface area contributed by atoms with Crippen molar-refractivity contribution in [3.8, 4) is 0 Å². The SMILES string of the molecule is O=C(CCC(=O)c1cccc(F)c1)C1=C(Cl)CCC=N1. The third-order valence-corrected chi connectivity index (χ3v) is 3.33. The van der Waals surface area contributed by atoms with Gasteiger partial charge in [-0.2, -0.15) is 0 Å². The molecule has 0 fully saturated rings. The first-order valence-electron chi connectivity index (χ1n) is 6.31. The fourth-order valence-corrected chi connectivity index (χ4v) is 2.17. The van der Waals surface area contributed by atoms with Crippen LogP contribution in [0.3, 0.4) is 0 Å². The number of nitrogens with zero attached hydrogens (tertiary/aromatic N) is 1. The van der Waals surface area contributed by atoms with Crippen LogP contribution in [0, 0.1) is 5.82 Å². The molecule has 2 rings (SSSR count). The Hall–Kier alpha value is -1.81. The van der Waals surface area contributed by atoms with E-state index in [1.54, 1.807) is 6.21 Å². The summed E-state index contributed by atoms with van der Waals surface area (Å²) < 4.78 is 13.0. The molecule has 0 unspecified atom stereocenters. The lowest BCUT2D eigenvalue weighted by molar-refractivity contribution is -0.115. The molecule has 0 bridgehead atoms. The summed E-state index contributed by atoms with van der Waals surface area (Å²) in [4.78, 5) is 27.8. The average molecular weight is 294 g/mol. The highest BCUT2D eigenvalue weighted by Gasteiger charge is 2.17. The van der Waals surface area contributed by atoms with Crippen LogP contribution in [0.2, 0.25) is 0 Å². The van der Waals surface area contributed by atoms with E-state index in [4.69, 9.17) is 11.6 Å². The molecule has 1 heterocycles. The first kappa shape index (κ1) is 14.6. The molecule has 0 saturated carbocycles. The van der Waals surface area contributed by atoms with Gasteiger partial charge in [0.15, 0.2) is 11.6 Å². The van der Waals surface area contributed by atoms with Crippen LogP contribution in [0.1, 0.15) is 36.0 Å². The first-order chi connectivity index (χ1) is 9.58. The standard InChI is InChI=1S/C15H13ClFNO2/c16-12-5-2-8-18-15(12)14(20)7-6-13(19)10-3-1-4-11(17)9-10/h1,3-4,8-9H,2,5-7H2. The Balaban J connectivity index is 1.97. The van der Waals surface area contributed by atoms with Crippen LogP contribution in [-0.2, 0) is 4.79 Å². The van der Waals surface area contributed by atoms with Crippen molar-refractivity contribution in [2.75, 3.05) is 0 Å². The number of carbonyl (C=O) groups excluding carboxylic acids is 2. The topological polar surface area (TPSA) is 46.5 Å². The van der Waals surface area contributed by atoms with Gasteiger partial charge in [-0.25, -0.2) is 4.39 Å². The first-order valence-corrected chi connectivity index (χ1v) is 6.69. The largest absolute Gasteiger partial charge is 0.294 e. The van der Waals surface area contributed by atoms with Gasteiger partial charge in [0.25, 0.3) is 0 Å². The Morgan fingerprint density at radius 2 is 2.00 bits per heavy atom. The molecule has 0 saturated heterocycles. The normalized spacial score (nSPS) is 14.5. The molecule has 1 aromatic rings.